The molecule has 0 saturated heterocycles. The summed E-state index contributed by atoms with van der Waals surface area (Å²) >= 11 is 0. The van der Waals surface area contributed by atoms with Gasteiger partial charge in [-0.3, -0.25) is 9.69 Å². The number of rotatable bonds is 1. The lowest BCUT2D eigenvalue weighted by atomic mass is 10.2. The Morgan fingerprint density at radius 2 is 2.45 bits per heavy atom. The van der Waals surface area contributed by atoms with Crippen LogP contribution in [0.15, 0.2) is 12.3 Å². The van der Waals surface area contributed by atoms with Gasteiger partial charge >= 0.3 is 0 Å². The minimum Gasteiger partial charge on any atom is -0.361 e. The van der Waals surface area contributed by atoms with Crippen molar-refractivity contribution in [2.24, 2.45) is 0 Å². The third kappa shape index (κ3) is 1.80. The number of ether oxygens (including phenoxy) is 1. The number of hydrogen-bond acceptors (Lipinski definition) is 2. The van der Waals surface area contributed by atoms with Gasteiger partial charge in [-0.15, -0.1) is 0 Å². The van der Waals surface area contributed by atoms with Crippen LogP contribution in [-0.4, -0.2) is 24.1 Å². The zero-order valence-corrected chi connectivity index (χ0v) is 6.91. The van der Waals surface area contributed by atoms with Gasteiger partial charge in [-0.25, -0.2) is 0 Å². The normalized spacial score (nSPS) is 23.8. The zero-order valence-electron chi connectivity index (χ0n) is 6.91. The monoisotopic (exact) mass is 155 g/mol. The highest BCUT2D eigenvalue weighted by molar-refractivity contribution is 5.74. The second-order valence-electron chi connectivity index (χ2n) is 2.58. The van der Waals surface area contributed by atoms with Crippen LogP contribution in [0.1, 0.15) is 19.8 Å². The van der Waals surface area contributed by atoms with Crippen molar-refractivity contribution < 1.29 is 9.53 Å². The number of amides is 1. The summed E-state index contributed by atoms with van der Waals surface area (Å²) in [6, 6.07) is 0. The van der Waals surface area contributed by atoms with Gasteiger partial charge in [-0.1, -0.05) is 6.08 Å². The topological polar surface area (TPSA) is 29.5 Å². The van der Waals surface area contributed by atoms with Crippen molar-refractivity contribution in [2.45, 2.75) is 26.0 Å². The van der Waals surface area contributed by atoms with Gasteiger partial charge in [-0.2, -0.15) is 0 Å². The molecule has 1 aliphatic rings. The smallest absolute Gasteiger partial charge is 0.225 e. The summed E-state index contributed by atoms with van der Waals surface area (Å²) in [7, 11) is 1.62. The minimum atomic E-state index is -0.0579. The Morgan fingerprint density at radius 3 is 2.91 bits per heavy atom. The fourth-order valence-electron chi connectivity index (χ4n) is 1.20. The summed E-state index contributed by atoms with van der Waals surface area (Å²) < 4.78 is 5.12. The molecule has 0 radical (unpaired) electrons. The molecule has 1 rings (SSSR count). The molecule has 0 fully saturated rings. The molecule has 0 N–H and O–H groups in total. The number of methoxy groups -OCH3 is 1. The van der Waals surface area contributed by atoms with E-state index in [2.05, 4.69) is 0 Å². The highest BCUT2D eigenvalue weighted by Crippen LogP contribution is 2.14. The Balaban J connectivity index is 2.64. The second kappa shape index (κ2) is 3.53. The molecular weight excluding hydrogens is 142 g/mol. The Morgan fingerprint density at radius 1 is 1.73 bits per heavy atom. The van der Waals surface area contributed by atoms with Crippen LogP contribution in [0.25, 0.3) is 0 Å². The number of nitrogens with zero attached hydrogens (tertiary/aromatic N) is 1. The molecule has 0 aliphatic carbocycles. The van der Waals surface area contributed by atoms with Gasteiger partial charge < -0.3 is 4.74 Å². The lowest BCUT2D eigenvalue weighted by Gasteiger charge is -2.29. The van der Waals surface area contributed by atoms with Gasteiger partial charge in [0.2, 0.25) is 5.91 Å². The van der Waals surface area contributed by atoms with E-state index >= 15 is 0 Å². The van der Waals surface area contributed by atoms with Gasteiger partial charge in [0.25, 0.3) is 0 Å². The van der Waals surface area contributed by atoms with E-state index in [-0.39, 0.29) is 12.1 Å². The van der Waals surface area contributed by atoms with E-state index in [0.717, 1.165) is 12.8 Å². The highest BCUT2D eigenvalue weighted by atomic mass is 16.5. The van der Waals surface area contributed by atoms with Crippen LogP contribution >= 0.6 is 0 Å². The maximum Gasteiger partial charge on any atom is 0.225 e. The molecule has 1 heterocycles. The van der Waals surface area contributed by atoms with Crippen LogP contribution in [-0.2, 0) is 9.53 Å². The first kappa shape index (κ1) is 8.27. The van der Waals surface area contributed by atoms with Crippen molar-refractivity contribution in [3.8, 4) is 0 Å². The average Bonchev–Trinajstić information content (AvgIpc) is 2.04. The molecule has 0 aromatic carbocycles. The maximum absolute atomic E-state index is 11.0. The molecule has 3 heteroatoms. The van der Waals surface area contributed by atoms with E-state index in [9.17, 15) is 4.79 Å². The molecule has 0 spiro atoms. The van der Waals surface area contributed by atoms with Gasteiger partial charge in [0, 0.05) is 20.2 Å². The largest absolute Gasteiger partial charge is 0.361 e. The van der Waals surface area contributed by atoms with Gasteiger partial charge in [0.05, 0.1) is 0 Å². The Hall–Kier alpha value is -0.830. The summed E-state index contributed by atoms with van der Waals surface area (Å²) in [5.74, 6) is 0.0350. The first-order valence-corrected chi connectivity index (χ1v) is 3.74. The zero-order chi connectivity index (χ0) is 8.27. The van der Waals surface area contributed by atoms with E-state index in [1.54, 1.807) is 25.1 Å². The van der Waals surface area contributed by atoms with Crippen LogP contribution in [0.3, 0.4) is 0 Å². The third-order valence-corrected chi connectivity index (χ3v) is 1.79. The van der Waals surface area contributed by atoms with Crippen molar-refractivity contribution in [3.63, 3.8) is 0 Å². The maximum atomic E-state index is 11.0. The van der Waals surface area contributed by atoms with Crippen LogP contribution in [0.5, 0.6) is 0 Å². The van der Waals surface area contributed by atoms with E-state index < -0.39 is 0 Å². The number of carbonyl (C=O) groups is 1. The van der Waals surface area contributed by atoms with Gasteiger partial charge in [0.1, 0.15) is 6.23 Å². The van der Waals surface area contributed by atoms with Crippen molar-refractivity contribution in [1.29, 1.82) is 0 Å². The molecule has 0 aromatic rings. The second-order valence-corrected chi connectivity index (χ2v) is 2.58. The third-order valence-electron chi connectivity index (χ3n) is 1.79. The summed E-state index contributed by atoms with van der Waals surface area (Å²) in [6.07, 6.45) is 5.60. The van der Waals surface area contributed by atoms with E-state index in [4.69, 9.17) is 4.74 Å². The Labute approximate surface area is 66.6 Å². The minimum absolute atomic E-state index is 0.0350. The molecule has 3 nitrogen and oxygen atoms in total. The Bertz CT molecular complexity index is 177. The van der Waals surface area contributed by atoms with Gasteiger partial charge in [-0.05, 0) is 12.8 Å². The first-order chi connectivity index (χ1) is 5.25. The van der Waals surface area contributed by atoms with Crippen LogP contribution in [0, 0.1) is 0 Å². The van der Waals surface area contributed by atoms with E-state index in [1.165, 1.54) is 0 Å². The fraction of sp³-hybridized carbons (Fsp3) is 0.625. The lowest BCUT2D eigenvalue weighted by molar-refractivity contribution is -0.137. The number of allylic oxidation sites excluding steroid dienone is 1. The molecule has 1 amide bonds. The summed E-state index contributed by atoms with van der Waals surface area (Å²) in [4.78, 5) is 12.6. The molecular formula is C8H13NO2. The molecule has 11 heavy (non-hydrogen) atoms. The van der Waals surface area contributed by atoms with Crippen molar-refractivity contribution in [2.75, 3.05) is 7.11 Å². The van der Waals surface area contributed by atoms with Crippen molar-refractivity contribution in [1.82, 2.24) is 4.90 Å². The molecule has 0 saturated carbocycles. The van der Waals surface area contributed by atoms with Crippen LogP contribution in [0.2, 0.25) is 0 Å². The van der Waals surface area contributed by atoms with E-state index in [0.29, 0.717) is 0 Å². The Kier molecular flexibility index (Phi) is 2.65. The summed E-state index contributed by atoms with van der Waals surface area (Å²) in [5.41, 5.74) is 0. The molecule has 0 bridgehead atoms. The first-order valence-electron chi connectivity index (χ1n) is 3.74. The SMILES string of the molecule is COC1CCC=CN1C(C)=O. The van der Waals surface area contributed by atoms with Crippen LogP contribution in [0.4, 0.5) is 0 Å². The number of carbonyl (C=O) groups excluding carboxylic acids is 1. The molecule has 1 atom stereocenters. The standard InChI is InChI=1S/C8H13NO2/c1-7(10)9-6-4-3-5-8(9)11-2/h4,6,8H,3,5H2,1-2H3. The number of hydrogen-bond donors (Lipinski definition) is 0. The quantitative estimate of drug-likeness (QED) is 0.567. The van der Waals surface area contributed by atoms with Crippen molar-refractivity contribution >= 4 is 5.91 Å². The average molecular weight is 155 g/mol. The predicted octanol–water partition coefficient (Wildman–Crippen LogP) is 1.11. The summed E-state index contributed by atoms with van der Waals surface area (Å²) in [6.45, 7) is 1.54. The van der Waals surface area contributed by atoms with Crippen LogP contribution < -0.4 is 0 Å². The predicted molar refractivity (Wildman–Crippen MR) is 41.7 cm³/mol. The molecule has 1 aliphatic heterocycles. The summed E-state index contributed by atoms with van der Waals surface area (Å²) in [5, 5.41) is 0. The molecule has 62 valence electrons. The highest BCUT2D eigenvalue weighted by Gasteiger charge is 2.19. The lowest BCUT2D eigenvalue weighted by Crippen LogP contribution is -2.37. The van der Waals surface area contributed by atoms with E-state index in [1.807, 2.05) is 6.08 Å². The fourth-order valence-corrected chi connectivity index (χ4v) is 1.20. The van der Waals surface area contributed by atoms with Gasteiger partial charge in [0.15, 0.2) is 0 Å². The molecule has 0 aromatic heterocycles. The molecule has 1 unspecified atom stereocenters. The van der Waals surface area contributed by atoms with Crippen molar-refractivity contribution in [3.05, 3.63) is 12.3 Å².